The molecule has 0 aliphatic carbocycles. The van der Waals surface area contributed by atoms with Crippen molar-refractivity contribution in [3.05, 3.63) is 89.5 Å². The smallest absolute Gasteiger partial charge is 0.253 e. The number of ether oxygens (including phenoxy) is 3. The molecule has 3 aromatic carbocycles. The van der Waals surface area contributed by atoms with E-state index in [1.807, 2.05) is 35.2 Å². The van der Waals surface area contributed by atoms with Gasteiger partial charge in [-0.1, -0.05) is 48.5 Å². The van der Waals surface area contributed by atoms with Crippen LogP contribution in [0, 0.1) is 5.41 Å². The van der Waals surface area contributed by atoms with Crippen molar-refractivity contribution in [2.24, 2.45) is 5.41 Å². The minimum absolute atomic E-state index is 0.0744. The summed E-state index contributed by atoms with van der Waals surface area (Å²) < 4.78 is 16.9. The van der Waals surface area contributed by atoms with Gasteiger partial charge < -0.3 is 19.1 Å². The Labute approximate surface area is 226 Å². The van der Waals surface area contributed by atoms with Gasteiger partial charge in [0.05, 0.1) is 14.2 Å². The highest BCUT2D eigenvalue weighted by molar-refractivity contribution is 5.95. The van der Waals surface area contributed by atoms with Crippen LogP contribution in [-0.4, -0.2) is 56.1 Å². The summed E-state index contributed by atoms with van der Waals surface area (Å²) in [4.78, 5) is 17.7. The summed E-state index contributed by atoms with van der Waals surface area (Å²) in [5.41, 5.74) is 3.42. The van der Waals surface area contributed by atoms with Crippen LogP contribution in [0.2, 0.25) is 0 Å². The molecule has 38 heavy (non-hydrogen) atoms. The molecule has 2 saturated heterocycles. The molecule has 0 bridgehead atoms. The molecule has 0 N–H and O–H groups in total. The molecule has 1 amide bonds. The maximum Gasteiger partial charge on any atom is 0.253 e. The lowest BCUT2D eigenvalue weighted by Crippen LogP contribution is -2.48. The van der Waals surface area contributed by atoms with Crippen molar-refractivity contribution >= 4 is 5.91 Å². The van der Waals surface area contributed by atoms with Gasteiger partial charge in [-0.2, -0.15) is 0 Å². The van der Waals surface area contributed by atoms with Gasteiger partial charge in [-0.25, -0.2) is 0 Å². The maximum atomic E-state index is 13.2. The Morgan fingerprint density at radius 2 is 1.42 bits per heavy atom. The third-order valence-corrected chi connectivity index (χ3v) is 8.26. The number of carbonyl (C=O) groups excluding carboxylic acids is 1. The Morgan fingerprint density at radius 3 is 2.13 bits per heavy atom. The first-order chi connectivity index (χ1) is 18.6. The van der Waals surface area contributed by atoms with E-state index in [1.54, 1.807) is 26.4 Å². The van der Waals surface area contributed by atoms with Gasteiger partial charge >= 0.3 is 0 Å². The van der Waals surface area contributed by atoms with Crippen molar-refractivity contribution in [3.8, 4) is 17.2 Å². The lowest BCUT2D eigenvalue weighted by atomic mass is 9.71. The molecular formula is C32H38N2O4. The monoisotopic (exact) mass is 514 g/mol. The largest absolute Gasteiger partial charge is 0.493 e. The van der Waals surface area contributed by atoms with E-state index in [0.29, 0.717) is 29.1 Å². The Bertz CT molecular complexity index is 1210. The van der Waals surface area contributed by atoms with E-state index in [4.69, 9.17) is 14.2 Å². The number of carbonyl (C=O) groups is 1. The molecule has 0 saturated carbocycles. The van der Waals surface area contributed by atoms with Crippen molar-refractivity contribution in [2.45, 2.75) is 38.8 Å². The topological polar surface area (TPSA) is 51.2 Å². The van der Waals surface area contributed by atoms with Crippen LogP contribution in [0.3, 0.4) is 0 Å². The molecule has 0 atom stereocenters. The van der Waals surface area contributed by atoms with Crippen LogP contribution in [-0.2, 0) is 13.2 Å². The van der Waals surface area contributed by atoms with Crippen LogP contribution >= 0.6 is 0 Å². The molecule has 0 radical (unpaired) electrons. The summed E-state index contributed by atoms with van der Waals surface area (Å²) in [5, 5.41) is 0. The molecule has 2 aliphatic rings. The van der Waals surface area contributed by atoms with Crippen LogP contribution in [0.5, 0.6) is 17.2 Å². The van der Waals surface area contributed by atoms with Gasteiger partial charge in [-0.05, 0) is 74.0 Å². The summed E-state index contributed by atoms with van der Waals surface area (Å²) >= 11 is 0. The van der Waals surface area contributed by atoms with Crippen LogP contribution in [0.15, 0.2) is 72.8 Å². The molecule has 6 nitrogen and oxygen atoms in total. The van der Waals surface area contributed by atoms with Gasteiger partial charge in [0.1, 0.15) is 12.4 Å². The van der Waals surface area contributed by atoms with E-state index in [1.165, 1.54) is 24.0 Å². The number of hydrogen-bond donors (Lipinski definition) is 0. The van der Waals surface area contributed by atoms with Crippen molar-refractivity contribution < 1.29 is 19.0 Å². The van der Waals surface area contributed by atoms with Gasteiger partial charge in [-0.15, -0.1) is 0 Å². The molecule has 0 aromatic heterocycles. The number of likely N-dealkylation sites (tertiary alicyclic amines) is 2. The Morgan fingerprint density at radius 1 is 0.763 bits per heavy atom. The van der Waals surface area contributed by atoms with Gasteiger partial charge in [0.25, 0.3) is 5.91 Å². The first-order valence-corrected chi connectivity index (χ1v) is 13.6. The average molecular weight is 515 g/mol. The number of methoxy groups -OCH3 is 2. The summed E-state index contributed by atoms with van der Waals surface area (Å²) in [5.74, 6) is 2.27. The second-order valence-corrected chi connectivity index (χ2v) is 10.5. The number of nitrogens with zero attached hydrogens (tertiary/aromatic N) is 2. The third kappa shape index (κ3) is 5.97. The van der Waals surface area contributed by atoms with E-state index in [2.05, 4.69) is 35.2 Å². The van der Waals surface area contributed by atoms with Crippen molar-refractivity contribution in [3.63, 3.8) is 0 Å². The van der Waals surface area contributed by atoms with E-state index >= 15 is 0 Å². The molecule has 2 heterocycles. The fourth-order valence-corrected chi connectivity index (χ4v) is 5.77. The highest BCUT2D eigenvalue weighted by Gasteiger charge is 2.38. The molecular weight excluding hydrogens is 476 g/mol. The number of hydrogen-bond acceptors (Lipinski definition) is 5. The molecule has 3 aromatic rings. The summed E-state index contributed by atoms with van der Waals surface area (Å²) in [6, 6.07) is 24.1. The lowest BCUT2D eigenvalue weighted by Gasteiger charge is -2.47. The van der Waals surface area contributed by atoms with Crippen LogP contribution in [0.1, 0.15) is 47.2 Å². The zero-order valence-electron chi connectivity index (χ0n) is 22.5. The molecule has 0 unspecified atom stereocenters. The highest BCUT2D eigenvalue weighted by atomic mass is 16.5. The van der Waals surface area contributed by atoms with Crippen molar-refractivity contribution in [1.29, 1.82) is 0 Å². The predicted octanol–water partition coefficient (Wildman–Crippen LogP) is 5.80. The van der Waals surface area contributed by atoms with Crippen molar-refractivity contribution in [2.75, 3.05) is 40.4 Å². The number of piperidine rings is 2. The van der Waals surface area contributed by atoms with Gasteiger partial charge in [-0.3, -0.25) is 9.69 Å². The van der Waals surface area contributed by atoms with Crippen LogP contribution in [0.4, 0.5) is 0 Å². The number of para-hydroxylation sites is 1. The van der Waals surface area contributed by atoms with Crippen LogP contribution in [0.25, 0.3) is 0 Å². The van der Waals surface area contributed by atoms with E-state index in [-0.39, 0.29) is 5.91 Å². The zero-order chi connectivity index (χ0) is 26.4. The summed E-state index contributed by atoms with van der Waals surface area (Å²) in [6.45, 7) is 5.27. The second kappa shape index (κ2) is 11.9. The first kappa shape index (κ1) is 26.1. The predicted molar refractivity (Wildman–Crippen MR) is 149 cm³/mol. The molecule has 1 spiro atoms. The third-order valence-electron chi connectivity index (χ3n) is 8.26. The maximum absolute atomic E-state index is 13.2. The lowest BCUT2D eigenvalue weighted by molar-refractivity contribution is 0.0283. The first-order valence-electron chi connectivity index (χ1n) is 13.6. The fraction of sp³-hybridized carbons (Fsp3) is 0.406. The number of benzene rings is 3. The van der Waals surface area contributed by atoms with E-state index < -0.39 is 0 Å². The minimum Gasteiger partial charge on any atom is -0.493 e. The average Bonchev–Trinajstić information content (AvgIpc) is 2.98. The number of amides is 1. The molecule has 6 heteroatoms. The number of rotatable bonds is 8. The van der Waals surface area contributed by atoms with Gasteiger partial charge in [0.15, 0.2) is 11.5 Å². The van der Waals surface area contributed by atoms with Crippen LogP contribution < -0.4 is 14.2 Å². The van der Waals surface area contributed by atoms with Gasteiger partial charge in [0, 0.05) is 30.8 Å². The Balaban J connectivity index is 1.13. The van der Waals surface area contributed by atoms with E-state index in [0.717, 1.165) is 51.3 Å². The molecule has 2 fully saturated rings. The molecule has 200 valence electrons. The molecule has 5 rings (SSSR count). The Hall–Kier alpha value is -3.51. The zero-order valence-corrected chi connectivity index (χ0v) is 22.5. The standard InChI is InChI=1S/C32H38N2O4/c1-36-29-13-12-26(22-30(29)37-2)31(35)34-20-16-32(17-21-34)14-18-33(19-15-32)23-27-10-6-7-11-28(27)38-24-25-8-4-3-5-9-25/h3-13,22H,14-21,23-24H2,1-2H3. The highest BCUT2D eigenvalue weighted by Crippen LogP contribution is 2.42. The Kier molecular flexibility index (Phi) is 8.18. The fourth-order valence-electron chi connectivity index (χ4n) is 5.77. The summed E-state index contributed by atoms with van der Waals surface area (Å²) in [6.07, 6.45) is 4.49. The quantitative estimate of drug-likeness (QED) is 0.380. The molecule has 2 aliphatic heterocycles. The SMILES string of the molecule is COc1ccc(C(=O)N2CCC3(CCN(Cc4ccccc4OCc4ccccc4)CC3)CC2)cc1OC. The normalized spacial score (nSPS) is 17.3. The minimum atomic E-state index is 0.0744. The van der Waals surface area contributed by atoms with Gasteiger partial charge in [0.2, 0.25) is 0 Å². The van der Waals surface area contributed by atoms with Crippen molar-refractivity contribution in [1.82, 2.24) is 9.80 Å². The summed E-state index contributed by atoms with van der Waals surface area (Å²) in [7, 11) is 3.20. The van der Waals surface area contributed by atoms with E-state index in [9.17, 15) is 4.79 Å². The second-order valence-electron chi connectivity index (χ2n) is 10.5.